The van der Waals surface area contributed by atoms with Crippen LogP contribution in [0.3, 0.4) is 0 Å². The molecular weight excluding hydrogens is 354 g/mol. The number of thiophene rings is 1. The molecular formula is C19H17NO3S2. The average molecular weight is 371 g/mol. The third kappa shape index (κ3) is 2.39. The number of benzene rings is 1. The van der Waals surface area contributed by atoms with Crippen molar-refractivity contribution < 1.29 is 12.8 Å². The Balaban J connectivity index is 1.51. The van der Waals surface area contributed by atoms with Crippen LogP contribution >= 0.6 is 11.3 Å². The fraction of sp³-hybridized carbons (Fsp3) is 0.263. The first-order chi connectivity index (χ1) is 12.1. The molecule has 0 bridgehead atoms. The fourth-order valence-electron chi connectivity index (χ4n) is 4.07. The Morgan fingerprint density at radius 1 is 1.16 bits per heavy atom. The summed E-state index contributed by atoms with van der Waals surface area (Å²) in [7, 11) is -3.25. The van der Waals surface area contributed by atoms with Gasteiger partial charge in [-0.25, -0.2) is 8.42 Å². The highest BCUT2D eigenvalue weighted by Crippen LogP contribution is 2.46. The van der Waals surface area contributed by atoms with Crippen LogP contribution in [-0.2, 0) is 16.4 Å². The highest BCUT2D eigenvalue weighted by atomic mass is 32.2. The lowest BCUT2D eigenvalue weighted by Gasteiger charge is -2.16. The summed E-state index contributed by atoms with van der Waals surface area (Å²) < 4.78 is 31.4. The maximum atomic E-state index is 13.0. The number of sulfone groups is 1. The highest BCUT2D eigenvalue weighted by Gasteiger charge is 2.50. The van der Waals surface area contributed by atoms with Crippen LogP contribution in [0.15, 0.2) is 63.4 Å². The Morgan fingerprint density at radius 2 is 2.08 bits per heavy atom. The SMILES string of the molecule is O=S1(=O)c2ccc(-c3ccco3)cc2[C@@H]2CN(Cc3cccs3)C[C@@H]21. The van der Waals surface area contributed by atoms with Crippen molar-refractivity contribution in [1.82, 2.24) is 4.90 Å². The summed E-state index contributed by atoms with van der Waals surface area (Å²) in [5, 5.41) is 1.74. The first-order valence-electron chi connectivity index (χ1n) is 8.29. The van der Waals surface area contributed by atoms with Crippen molar-refractivity contribution in [3.8, 4) is 11.3 Å². The van der Waals surface area contributed by atoms with Crippen LogP contribution in [0, 0.1) is 0 Å². The molecule has 5 rings (SSSR count). The minimum atomic E-state index is -3.25. The molecule has 1 fully saturated rings. The quantitative estimate of drug-likeness (QED) is 0.703. The Bertz CT molecular complexity index is 1010. The van der Waals surface area contributed by atoms with Crippen molar-refractivity contribution in [2.75, 3.05) is 13.1 Å². The number of furan rings is 1. The van der Waals surface area contributed by atoms with Crippen molar-refractivity contribution in [3.05, 3.63) is 64.5 Å². The van der Waals surface area contributed by atoms with E-state index in [1.165, 1.54) is 4.88 Å². The van der Waals surface area contributed by atoms with Gasteiger partial charge in [-0.05, 0) is 47.3 Å². The third-order valence-electron chi connectivity index (χ3n) is 5.22. The lowest BCUT2D eigenvalue weighted by Crippen LogP contribution is -2.25. The summed E-state index contributed by atoms with van der Waals surface area (Å²) in [5.41, 5.74) is 1.89. The second-order valence-electron chi connectivity index (χ2n) is 6.69. The van der Waals surface area contributed by atoms with Gasteiger partial charge < -0.3 is 4.42 Å². The zero-order valence-corrected chi connectivity index (χ0v) is 15.1. The van der Waals surface area contributed by atoms with Crippen LogP contribution < -0.4 is 0 Å². The van der Waals surface area contributed by atoms with Gasteiger partial charge in [0.2, 0.25) is 0 Å². The monoisotopic (exact) mass is 371 g/mol. The van der Waals surface area contributed by atoms with Gasteiger partial charge in [-0.3, -0.25) is 4.90 Å². The number of fused-ring (bicyclic) bond motifs is 3. The molecule has 4 heterocycles. The van der Waals surface area contributed by atoms with Crippen LogP contribution in [0.4, 0.5) is 0 Å². The van der Waals surface area contributed by atoms with E-state index >= 15 is 0 Å². The van der Waals surface area contributed by atoms with Crippen LogP contribution in [0.5, 0.6) is 0 Å². The molecule has 4 nitrogen and oxygen atoms in total. The van der Waals surface area contributed by atoms with E-state index in [-0.39, 0.29) is 11.2 Å². The van der Waals surface area contributed by atoms with Gasteiger partial charge in [-0.2, -0.15) is 0 Å². The molecule has 2 atom stereocenters. The lowest BCUT2D eigenvalue weighted by molar-refractivity contribution is 0.328. The topological polar surface area (TPSA) is 50.5 Å². The maximum Gasteiger partial charge on any atom is 0.183 e. The van der Waals surface area contributed by atoms with Crippen LogP contribution in [-0.4, -0.2) is 31.7 Å². The Hall–Kier alpha value is -1.89. The van der Waals surface area contributed by atoms with Gasteiger partial charge in [0.05, 0.1) is 16.4 Å². The van der Waals surface area contributed by atoms with E-state index in [1.807, 2.05) is 30.3 Å². The predicted octanol–water partition coefficient (Wildman–Crippen LogP) is 3.76. The number of hydrogen-bond acceptors (Lipinski definition) is 5. The minimum absolute atomic E-state index is 0.0508. The van der Waals surface area contributed by atoms with Gasteiger partial charge in [-0.1, -0.05) is 6.07 Å². The van der Waals surface area contributed by atoms with E-state index in [4.69, 9.17) is 4.42 Å². The molecule has 6 heteroatoms. The molecule has 128 valence electrons. The van der Waals surface area contributed by atoms with E-state index < -0.39 is 9.84 Å². The van der Waals surface area contributed by atoms with Crippen LogP contribution in [0.1, 0.15) is 16.4 Å². The molecule has 2 aliphatic rings. The van der Waals surface area contributed by atoms with E-state index in [2.05, 4.69) is 16.3 Å². The van der Waals surface area contributed by atoms with Gasteiger partial charge in [0.1, 0.15) is 5.76 Å². The Morgan fingerprint density at radius 3 is 2.84 bits per heavy atom. The zero-order chi connectivity index (χ0) is 17.0. The molecule has 25 heavy (non-hydrogen) atoms. The molecule has 3 aromatic rings. The summed E-state index contributed by atoms with van der Waals surface area (Å²) in [6.45, 7) is 2.22. The summed E-state index contributed by atoms with van der Waals surface area (Å²) in [4.78, 5) is 4.05. The van der Waals surface area contributed by atoms with Crippen molar-refractivity contribution in [1.29, 1.82) is 0 Å². The van der Waals surface area contributed by atoms with Crippen molar-refractivity contribution in [2.24, 2.45) is 0 Å². The summed E-state index contributed by atoms with van der Waals surface area (Å²) in [6.07, 6.45) is 1.64. The number of likely N-dealkylation sites (tertiary alicyclic amines) is 1. The second kappa shape index (κ2) is 5.56. The molecule has 0 radical (unpaired) electrons. The van der Waals surface area contributed by atoms with Crippen molar-refractivity contribution in [3.63, 3.8) is 0 Å². The van der Waals surface area contributed by atoms with E-state index in [1.54, 1.807) is 23.7 Å². The van der Waals surface area contributed by atoms with Crippen LogP contribution in [0.25, 0.3) is 11.3 Å². The predicted molar refractivity (Wildman–Crippen MR) is 97.5 cm³/mol. The third-order valence-corrected chi connectivity index (χ3v) is 8.34. The smallest absolute Gasteiger partial charge is 0.183 e. The fourth-order valence-corrected chi connectivity index (χ4v) is 7.01. The van der Waals surface area contributed by atoms with Gasteiger partial charge >= 0.3 is 0 Å². The van der Waals surface area contributed by atoms with Gasteiger partial charge in [0.25, 0.3) is 0 Å². The average Bonchev–Trinajstić information content (AvgIpc) is 3.37. The normalized spacial score (nSPS) is 24.3. The molecule has 2 aromatic heterocycles. The van der Waals surface area contributed by atoms with Gasteiger partial charge in [-0.15, -0.1) is 11.3 Å². The largest absolute Gasteiger partial charge is 0.464 e. The standard InChI is InChI=1S/C19H17NO3S2/c21-25(22)18-6-5-13(17-4-1-7-23-17)9-15(18)16-11-20(12-19(16)25)10-14-3-2-8-24-14/h1-9,16,19H,10-12H2/t16-,19-/m0/s1. The molecule has 2 aliphatic heterocycles. The summed E-state index contributed by atoms with van der Waals surface area (Å²) in [5.74, 6) is 0.826. The van der Waals surface area contributed by atoms with E-state index in [9.17, 15) is 8.42 Å². The van der Waals surface area contributed by atoms with Gasteiger partial charge in [0.15, 0.2) is 9.84 Å². The van der Waals surface area contributed by atoms with Gasteiger partial charge in [0, 0.05) is 36.0 Å². The summed E-state index contributed by atoms with van der Waals surface area (Å²) >= 11 is 1.72. The first kappa shape index (κ1) is 15.4. The second-order valence-corrected chi connectivity index (χ2v) is 9.86. The molecule has 1 saturated heterocycles. The van der Waals surface area contributed by atoms with Crippen molar-refractivity contribution in [2.45, 2.75) is 22.6 Å². The lowest BCUT2D eigenvalue weighted by atomic mass is 9.96. The molecule has 0 amide bonds. The number of rotatable bonds is 3. The van der Waals surface area contributed by atoms with E-state index in [0.717, 1.165) is 30.0 Å². The number of nitrogens with zero attached hydrogens (tertiary/aromatic N) is 1. The zero-order valence-electron chi connectivity index (χ0n) is 13.5. The molecule has 1 aromatic carbocycles. The molecule has 0 unspecified atom stereocenters. The molecule has 0 aliphatic carbocycles. The van der Waals surface area contributed by atoms with Crippen molar-refractivity contribution >= 4 is 21.2 Å². The summed E-state index contributed by atoms with van der Waals surface area (Å²) in [6, 6.07) is 13.5. The molecule has 0 spiro atoms. The first-order valence-corrected chi connectivity index (χ1v) is 10.7. The van der Waals surface area contributed by atoms with E-state index in [0.29, 0.717) is 11.4 Å². The minimum Gasteiger partial charge on any atom is -0.464 e. The molecule has 0 N–H and O–H groups in total. The highest BCUT2D eigenvalue weighted by molar-refractivity contribution is 7.92. The number of hydrogen-bond donors (Lipinski definition) is 0. The Labute approximate surface area is 150 Å². The molecule has 0 saturated carbocycles. The van der Waals surface area contributed by atoms with Crippen LogP contribution in [0.2, 0.25) is 0 Å². The maximum absolute atomic E-state index is 13.0. The Kier molecular flexibility index (Phi) is 3.42.